The predicted octanol–water partition coefficient (Wildman–Crippen LogP) is 5.27. The second-order valence-corrected chi connectivity index (χ2v) is 7.38. The summed E-state index contributed by atoms with van der Waals surface area (Å²) in [7, 11) is 2.24. The first-order chi connectivity index (χ1) is 12.1. The summed E-state index contributed by atoms with van der Waals surface area (Å²) in [6.45, 7) is 0. The van der Waals surface area contributed by atoms with E-state index in [4.69, 9.17) is 0 Å². The van der Waals surface area contributed by atoms with Crippen LogP contribution < -0.4 is 0 Å². The zero-order chi connectivity index (χ0) is 17.4. The van der Waals surface area contributed by atoms with Crippen molar-refractivity contribution in [1.82, 2.24) is 4.90 Å². The molecule has 1 nitrogen and oxygen atoms in total. The summed E-state index contributed by atoms with van der Waals surface area (Å²) in [6, 6.07) is 14.6. The van der Waals surface area contributed by atoms with Gasteiger partial charge in [-0.05, 0) is 79.6 Å². The van der Waals surface area contributed by atoms with Gasteiger partial charge in [0.05, 0.1) is 0 Å². The van der Waals surface area contributed by atoms with Gasteiger partial charge in [0.2, 0.25) is 0 Å². The van der Waals surface area contributed by atoms with E-state index in [1.807, 2.05) is 24.3 Å². The average molecular weight is 339 g/mol. The SMILES string of the molecule is CN1[C@@H]2CC[C@H]1CC(C=C(c1ccc(F)cc1)c1ccc(F)cc1)C2. The molecule has 2 fully saturated rings. The molecule has 2 saturated heterocycles. The number of nitrogens with zero attached hydrogens (tertiary/aromatic N) is 1. The highest BCUT2D eigenvalue weighted by Gasteiger charge is 2.37. The van der Waals surface area contributed by atoms with E-state index in [9.17, 15) is 8.78 Å². The van der Waals surface area contributed by atoms with E-state index < -0.39 is 0 Å². The van der Waals surface area contributed by atoms with Crippen LogP contribution in [0.1, 0.15) is 36.8 Å². The van der Waals surface area contributed by atoms with Crippen molar-refractivity contribution in [2.75, 3.05) is 7.05 Å². The van der Waals surface area contributed by atoms with Gasteiger partial charge in [0.25, 0.3) is 0 Å². The third-order valence-corrected chi connectivity index (χ3v) is 5.85. The Morgan fingerprint density at radius 2 is 1.28 bits per heavy atom. The summed E-state index contributed by atoms with van der Waals surface area (Å²) in [5.41, 5.74) is 3.05. The van der Waals surface area contributed by atoms with Crippen LogP contribution in [0.4, 0.5) is 8.78 Å². The van der Waals surface area contributed by atoms with Crippen LogP contribution in [0, 0.1) is 17.6 Å². The maximum Gasteiger partial charge on any atom is 0.123 e. The van der Waals surface area contributed by atoms with Crippen molar-refractivity contribution in [3.05, 3.63) is 77.4 Å². The quantitative estimate of drug-likeness (QED) is 0.736. The average Bonchev–Trinajstić information content (AvgIpc) is 2.83. The van der Waals surface area contributed by atoms with Crippen LogP contribution in [-0.4, -0.2) is 24.0 Å². The van der Waals surface area contributed by atoms with E-state index in [2.05, 4.69) is 18.0 Å². The lowest BCUT2D eigenvalue weighted by Gasteiger charge is -2.35. The molecule has 0 spiro atoms. The number of halogens is 2. The summed E-state index contributed by atoms with van der Waals surface area (Å²) < 4.78 is 26.7. The van der Waals surface area contributed by atoms with Gasteiger partial charge < -0.3 is 4.90 Å². The summed E-state index contributed by atoms with van der Waals surface area (Å²) in [6.07, 6.45) is 7.23. The Labute approximate surface area is 148 Å². The molecule has 2 aliphatic rings. The van der Waals surface area contributed by atoms with Crippen LogP contribution in [0.5, 0.6) is 0 Å². The van der Waals surface area contributed by atoms with Gasteiger partial charge in [0.1, 0.15) is 11.6 Å². The summed E-state index contributed by atoms with van der Waals surface area (Å²) >= 11 is 0. The normalized spacial score (nSPS) is 25.8. The minimum Gasteiger partial charge on any atom is -0.300 e. The Kier molecular flexibility index (Phi) is 4.43. The molecule has 3 atom stereocenters. The first-order valence-electron chi connectivity index (χ1n) is 9.06. The Bertz CT molecular complexity index is 702. The highest BCUT2D eigenvalue weighted by Crippen LogP contribution is 2.39. The van der Waals surface area contributed by atoms with E-state index in [0.29, 0.717) is 18.0 Å². The van der Waals surface area contributed by atoms with E-state index in [0.717, 1.165) is 16.7 Å². The summed E-state index contributed by atoms with van der Waals surface area (Å²) in [5.74, 6) is 0.0397. The van der Waals surface area contributed by atoms with E-state index >= 15 is 0 Å². The monoisotopic (exact) mass is 339 g/mol. The van der Waals surface area contributed by atoms with Crippen molar-refractivity contribution in [2.45, 2.75) is 37.8 Å². The van der Waals surface area contributed by atoms with Crippen LogP contribution in [-0.2, 0) is 0 Å². The van der Waals surface area contributed by atoms with Gasteiger partial charge in [0.15, 0.2) is 0 Å². The molecule has 1 unspecified atom stereocenters. The van der Waals surface area contributed by atoms with E-state index in [1.54, 1.807) is 0 Å². The first kappa shape index (κ1) is 16.5. The first-order valence-corrected chi connectivity index (χ1v) is 9.06. The van der Waals surface area contributed by atoms with Crippen molar-refractivity contribution in [3.8, 4) is 0 Å². The van der Waals surface area contributed by atoms with Crippen LogP contribution >= 0.6 is 0 Å². The zero-order valence-electron chi connectivity index (χ0n) is 14.5. The Morgan fingerprint density at radius 1 is 0.840 bits per heavy atom. The minimum absolute atomic E-state index is 0.237. The number of fused-ring (bicyclic) bond motifs is 2. The topological polar surface area (TPSA) is 3.24 Å². The number of rotatable bonds is 3. The maximum atomic E-state index is 13.3. The lowest BCUT2D eigenvalue weighted by molar-refractivity contribution is 0.152. The number of allylic oxidation sites excluding steroid dienone is 1. The summed E-state index contributed by atoms with van der Waals surface area (Å²) in [4.78, 5) is 2.53. The fraction of sp³-hybridized carbons (Fsp3) is 0.364. The van der Waals surface area contributed by atoms with Gasteiger partial charge in [-0.15, -0.1) is 0 Å². The molecule has 0 amide bonds. The molecular formula is C22H23F2N. The van der Waals surface area contributed by atoms with Crippen molar-refractivity contribution in [3.63, 3.8) is 0 Å². The number of benzene rings is 2. The van der Waals surface area contributed by atoms with E-state index in [1.165, 1.54) is 49.9 Å². The largest absolute Gasteiger partial charge is 0.300 e. The van der Waals surface area contributed by atoms with Crippen molar-refractivity contribution in [2.24, 2.45) is 5.92 Å². The molecule has 2 bridgehead atoms. The molecule has 130 valence electrons. The second kappa shape index (κ2) is 6.72. The Hall–Kier alpha value is -2.00. The molecule has 0 saturated carbocycles. The molecule has 2 aliphatic heterocycles. The maximum absolute atomic E-state index is 13.3. The second-order valence-electron chi connectivity index (χ2n) is 7.38. The third kappa shape index (κ3) is 3.38. The Morgan fingerprint density at radius 3 is 1.72 bits per heavy atom. The molecule has 2 aromatic rings. The molecule has 4 rings (SSSR count). The van der Waals surface area contributed by atoms with Gasteiger partial charge in [-0.25, -0.2) is 8.78 Å². The van der Waals surface area contributed by atoms with Crippen LogP contribution in [0.3, 0.4) is 0 Å². The standard InChI is InChI=1S/C22H23F2N/c1-25-20-10-11-21(25)13-15(12-20)14-22(16-2-6-18(23)7-3-16)17-4-8-19(24)9-5-17/h2-9,14-15,20-21H,10-13H2,1H3/t15?,20-,21+. The molecule has 2 aromatic carbocycles. The summed E-state index contributed by atoms with van der Waals surface area (Å²) in [5, 5.41) is 0. The lowest BCUT2D eigenvalue weighted by atomic mass is 9.86. The molecule has 2 heterocycles. The third-order valence-electron chi connectivity index (χ3n) is 5.85. The highest BCUT2D eigenvalue weighted by molar-refractivity contribution is 5.79. The van der Waals surface area contributed by atoms with Crippen molar-refractivity contribution < 1.29 is 8.78 Å². The highest BCUT2D eigenvalue weighted by atomic mass is 19.1. The van der Waals surface area contributed by atoms with Gasteiger partial charge in [-0.2, -0.15) is 0 Å². The molecular weight excluding hydrogens is 316 g/mol. The van der Waals surface area contributed by atoms with Crippen LogP contribution in [0.15, 0.2) is 54.6 Å². The molecule has 0 aromatic heterocycles. The van der Waals surface area contributed by atoms with Crippen LogP contribution in [0.25, 0.3) is 5.57 Å². The zero-order valence-corrected chi connectivity index (χ0v) is 14.5. The minimum atomic E-state index is -0.237. The van der Waals surface area contributed by atoms with Crippen molar-refractivity contribution >= 4 is 5.57 Å². The number of hydrogen-bond donors (Lipinski definition) is 0. The van der Waals surface area contributed by atoms with Gasteiger partial charge >= 0.3 is 0 Å². The van der Waals surface area contributed by atoms with Gasteiger partial charge in [-0.1, -0.05) is 30.3 Å². The molecule has 0 N–H and O–H groups in total. The number of hydrogen-bond acceptors (Lipinski definition) is 1. The smallest absolute Gasteiger partial charge is 0.123 e. The molecule has 0 aliphatic carbocycles. The fourth-order valence-electron chi connectivity index (χ4n) is 4.44. The van der Waals surface area contributed by atoms with Crippen LogP contribution in [0.2, 0.25) is 0 Å². The fourth-order valence-corrected chi connectivity index (χ4v) is 4.44. The molecule has 0 radical (unpaired) electrons. The number of piperidine rings is 1. The van der Waals surface area contributed by atoms with Crippen molar-refractivity contribution in [1.29, 1.82) is 0 Å². The van der Waals surface area contributed by atoms with E-state index in [-0.39, 0.29) is 11.6 Å². The Balaban J connectivity index is 1.70. The van der Waals surface area contributed by atoms with Gasteiger partial charge in [-0.3, -0.25) is 0 Å². The lowest BCUT2D eigenvalue weighted by Crippen LogP contribution is -2.39. The predicted molar refractivity (Wildman–Crippen MR) is 97.2 cm³/mol. The molecule has 3 heteroatoms. The molecule has 25 heavy (non-hydrogen) atoms. The van der Waals surface area contributed by atoms with Gasteiger partial charge in [0, 0.05) is 12.1 Å².